The minimum atomic E-state index is -0.0261. The standard InChI is InChI=1S/C26H31ClN2O2/c27-24-18-22(28-25(30)14-11-19-7-3-1-4-8-19)13-12-20(24)17-21-15-16-29(26(21)31)23-9-5-2-6-10-23/h1,3-4,7-8,12-13,18,21,23H,2,5-6,9-11,14-17H2,(H,28,30). The summed E-state index contributed by atoms with van der Waals surface area (Å²) in [6.45, 7) is 0.876. The van der Waals surface area contributed by atoms with Crippen LogP contribution in [0.1, 0.15) is 56.1 Å². The molecule has 4 rings (SSSR count). The second kappa shape index (κ2) is 10.3. The highest BCUT2D eigenvalue weighted by atomic mass is 35.5. The molecule has 1 saturated heterocycles. The number of rotatable bonds is 7. The summed E-state index contributed by atoms with van der Waals surface area (Å²) in [5.74, 6) is 0.286. The van der Waals surface area contributed by atoms with Crippen molar-refractivity contribution in [2.45, 2.75) is 63.8 Å². The molecule has 2 amide bonds. The fraction of sp³-hybridized carbons (Fsp3) is 0.462. The third-order valence-corrected chi connectivity index (χ3v) is 7.00. The van der Waals surface area contributed by atoms with Crippen LogP contribution in [0.15, 0.2) is 48.5 Å². The normalized spacial score (nSPS) is 19.6. The fourth-order valence-electron chi connectivity index (χ4n) is 4.89. The molecule has 1 unspecified atom stereocenters. The van der Waals surface area contributed by atoms with Crippen molar-refractivity contribution in [2.24, 2.45) is 5.92 Å². The molecule has 0 bridgehead atoms. The smallest absolute Gasteiger partial charge is 0.226 e. The number of amides is 2. The number of likely N-dealkylation sites (tertiary alicyclic amines) is 1. The summed E-state index contributed by atoms with van der Waals surface area (Å²) >= 11 is 6.52. The van der Waals surface area contributed by atoms with Crippen LogP contribution < -0.4 is 5.32 Å². The van der Waals surface area contributed by atoms with Gasteiger partial charge in [-0.3, -0.25) is 9.59 Å². The van der Waals surface area contributed by atoms with Crippen LogP contribution in [0.2, 0.25) is 5.02 Å². The molecule has 1 atom stereocenters. The lowest BCUT2D eigenvalue weighted by Crippen LogP contribution is -2.39. The van der Waals surface area contributed by atoms with E-state index in [1.54, 1.807) is 6.07 Å². The lowest BCUT2D eigenvalue weighted by atomic mass is 9.94. The van der Waals surface area contributed by atoms with Gasteiger partial charge in [-0.05, 0) is 55.4 Å². The van der Waals surface area contributed by atoms with Crippen LogP contribution in [0, 0.1) is 5.92 Å². The van der Waals surface area contributed by atoms with Gasteiger partial charge in [-0.2, -0.15) is 0 Å². The number of hydrogen-bond donors (Lipinski definition) is 1. The Morgan fingerprint density at radius 1 is 1.03 bits per heavy atom. The predicted molar refractivity (Wildman–Crippen MR) is 125 cm³/mol. The van der Waals surface area contributed by atoms with Crippen LogP contribution in [0.25, 0.3) is 0 Å². The monoisotopic (exact) mass is 438 g/mol. The number of nitrogens with zero attached hydrogens (tertiary/aromatic N) is 1. The molecule has 0 aromatic heterocycles. The summed E-state index contributed by atoms with van der Waals surface area (Å²) in [5.41, 5.74) is 2.83. The Kier molecular flexibility index (Phi) is 7.29. The van der Waals surface area contributed by atoms with E-state index >= 15 is 0 Å². The van der Waals surface area contributed by atoms with Gasteiger partial charge >= 0.3 is 0 Å². The summed E-state index contributed by atoms with van der Waals surface area (Å²) < 4.78 is 0. The van der Waals surface area contributed by atoms with Gasteiger partial charge < -0.3 is 10.2 Å². The zero-order chi connectivity index (χ0) is 21.6. The van der Waals surface area contributed by atoms with E-state index in [1.807, 2.05) is 42.5 Å². The third-order valence-electron chi connectivity index (χ3n) is 6.65. The van der Waals surface area contributed by atoms with Crippen LogP contribution in [0.5, 0.6) is 0 Å². The first-order chi connectivity index (χ1) is 15.1. The van der Waals surface area contributed by atoms with E-state index in [2.05, 4.69) is 10.2 Å². The quantitative estimate of drug-likeness (QED) is 0.608. The first kappa shape index (κ1) is 21.9. The van der Waals surface area contributed by atoms with Gasteiger partial charge in [-0.1, -0.05) is 67.3 Å². The maximum absolute atomic E-state index is 12.9. The Balaban J connectivity index is 1.30. The van der Waals surface area contributed by atoms with E-state index in [-0.39, 0.29) is 11.8 Å². The molecular weight excluding hydrogens is 408 g/mol. The Morgan fingerprint density at radius 3 is 2.55 bits per heavy atom. The molecule has 1 aliphatic carbocycles. The molecule has 2 aromatic rings. The molecule has 4 nitrogen and oxygen atoms in total. The molecule has 1 saturated carbocycles. The summed E-state index contributed by atoms with van der Waals surface area (Å²) in [7, 11) is 0. The third kappa shape index (κ3) is 5.68. The number of hydrogen-bond acceptors (Lipinski definition) is 2. The lowest BCUT2D eigenvalue weighted by molar-refractivity contribution is -0.133. The van der Waals surface area contributed by atoms with Gasteiger partial charge in [-0.25, -0.2) is 0 Å². The summed E-state index contributed by atoms with van der Waals surface area (Å²) in [6.07, 6.45) is 8.79. The molecule has 164 valence electrons. The number of carbonyl (C=O) groups excluding carboxylic acids is 2. The van der Waals surface area contributed by atoms with Crippen molar-refractivity contribution in [3.63, 3.8) is 0 Å². The van der Waals surface area contributed by atoms with E-state index in [0.717, 1.165) is 36.9 Å². The summed E-state index contributed by atoms with van der Waals surface area (Å²) in [5, 5.41) is 3.55. The Labute approximate surface area is 190 Å². The maximum Gasteiger partial charge on any atom is 0.226 e. The van der Waals surface area contributed by atoms with E-state index in [1.165, 1.54) is 19.3 Å². The first-order valence-electron chi connectivity index (χ1n) is 11.5. The van der Waals surface area contributed by atoms with Crippen molar-refractivity contribution in [3.05, 3.63) is 64.7 Å². The predicted octanol–water partition coefficient (Wildman–Crippen LogP) is 5.64. The molecule has 1 N–H and O–H groups in total. The maximum atomic E-state index is 12.9. The zero-order valence-electron chi connectivity index (χ0n) is 18.0. The molecule has 2 fully saturated rings. The summed E-state index contributed by atoms with van der Waals surface area (Å²) in [6, 6.07) is 16.1. The highest BCUT2D eigenvalue weighted by Crippen LogP contribution is 2.32. The number of carbonyl (C=O) groups is 2. The van der Waals surface area contributed by atoms with Crippen LogP contribution >= 0.6 is 11.6 Å². The largest absolute Gasteiger partial charge is 0.339 e. The minimum Gasteiger partial charge on any atom is -0.339 e. The highest BCUT2D eigenvalue weighted by Gasteiger charge is 2.36. The fourth-order valence-corrected chi connectivity index (χ4v) is 5.15. The average molecular weight is 439 g/mol. The Bertz CT molecular complexity index is 909. The molecule has 1 aliphatic heterocycles. The minimum absolute atomic E-state index is 0.0192. The van der Waals surface area contributed by atoms with Crippen molar-refractivity contribution in [2.75, 3.05) is 11.9 Å². The number of benzene rings is 2. The zero-order valence-corrected chi connectivity index (χ0v) is 18.7. The van der Waals surface area contributed by atoms with Gasteiger partial charge in [0.05, 0.1) is 0 Å². The van der Waals surface area contributed by atoms with Crippen molar-refractivity contribution >= 4 is 29.1 Å². The molecule has 0 spiro atoms. The van der Waals surface area contributed by atoms with Crippen molar-refractivity contribution < 1.29 is 9.59 Å². The molecule has 1 heterocycles. The second-order valence-corrected chi connectivity index (χ2v) is 9.26. The SMILES string of the molecule is O=C(CCc1ccccc1)Nc1ccc(CC2CCN(C3CCCCC3)C2=O)c(Cl)c1. The van der Waals surface area contributed by atoms with E-state index < -0.39 is 0 Å². The van der Waals surface area contributed by atoms with Gasteiger partial charge in [0.1, 0.15) is 0 Å². The van der Waals surface area contributed by atoms with Crippen LogP contribution in [0.3, 0.4) is 0 Å². The van der Waals surface area contributed by atoms with Crippen LogP contribution in [-0.2, 0) is 22.4 Å². The van der Waals surface area contributed by atoms with E-state index in [4.69, 9.17) is 11.6 Å². The van der Waals surface area contributed by atoms with Crippen LogP contribution in [-0.4, -0.2) is 29.3 Å². The van der Waals surface area contributed by atoms with Gasteiger partial charge in [0.25, 0.3) is 0 Å². The molecule has 2 aliphatic rings. The molecular formula is C26H31ClN2O2. The molecule has 5 heteroatoms. The number of anilines is 1. The van der Waals surface area contributed by atoms with Crippen molar-refractivity contribution in [3.8, 4) is 0 Å². The molecule has 0 radical (unpaired) electrons. The average Bonchev–Trinajstić information content (AvgIpc) is 3.15. The second-order valence-electron chi connectivity index (χ2n) is 8.85. The Hall–Kier alpha value is -2.33. The molecule has 2 aromatic carbocycles. The highest BCUT2D eigenvalue weighted by molar-refractivity contribution is 6.31. The first-order valence-corrected chi connectivity index (χ1v) is 11.9. The Morgan fingerprint density at radius 2 is 1.81 bits per heavy atom. The van der Waals surface area contributed by atoms with Gasteiger partial charge in [0.2, 0.25) is 11.8 Å². The molecule has 31 heavy (non-hydrogen) atoms. The van der Waals surface area contributed by atoms with E-state index in [0.29, 0.717) is 41.9 Å². The number of aryl methyl sites for hydroxylation is 1. The van der Waals surface area contributed by atoms with Gasteiger partial charge in [0, 0.05) is 35.6 Å². The van der Waals surface area contributed by atoms with E-state index in [9.17, 15) is 9.59 Å². The van der Waals surface area contributed by atoms with Gasteiger partial charge in [-0.15, -0.1) is 0 Å². The topological polar surface area (TPSA) is 49.4 Å². The van der Waals surface area contributed by atoms with Gasteiger partial charge in [0.15, 0.2) is 0 Å². The lowest BCUT2D eigenvalue weighted by Gasteiger charge is -2.31. The number of halogens is 1. The van der Waals surface area contributed by atoms with Crippen molar-refractivity contribution in [1.82, 2.24) is 4.90 Å². The summed E-state index contributed by atoms with van der Waals surface area (Å²) in [4.78, 5) is 27.4. The number of nitrogens with one attached hydrogen (secondary N) is 1. The van der Waals surface area contributed by atoms with Crippen LogP contribution in [0.4, 0.5) is 5.69 Å². The van der Waals surface area contributed by atoms with Crippen molar-refractivity contribution in [1.29, 1.82) is 0 Å².